The van der Waals surface area contributed by atoms with Crippen molar-refractivity contribution in [2.24, 2.45) is 0 Å². The molecule has 7 nitrogen and oxygen atoms in total. The van der Waals surface area contributed by atoms with Crippen molar-refractivity contribution in [3.8, 4) is 0 Å². The van der Waals surface area contributed by atoms with Crippen LogP contribution in [0.3, 0.4) is 0 Å². The van der Waals surface area contributed by atoms with Crippen LogP contribution < -0.4 is 0 Å². The van der Waals surface area contributed by atoms with Crippen molar-refractivity contribution in [1.82, 2.24) is 24.7 Å². The molecular formula is C18H27N5O2. The fraction of sp³-hybridized carbons (Fsp3) is 0.667. The second-order valence-electron chi connectivity index (χ2n) is 6.97. The zero-order chi connectivity index (χ0) is 17.8. The lowest BCUT2D eigenvalue weighted by atomic mass is 10.2. The van der Waals surface area contributed by atoms with E-state index in [1.165, 1.54) is 0 Å². The molecule has 2 saturated heterocycles. The van der Waals surface area contributed by atoms with Crippen LogP contribution in [0.25, 0.3) is 0 Å². The van der Waals surface area contributed by atoms with Crippen molar-refractivity contribution in [3.05, 3.63) is 23.8 Å². The average molecular weight is 345 g/mol. The van der Waals surface area contributed by atoms with Gasteiger partial charge in [0.15, 0.2) is 0 Å². The Balaban J connectivity index is 1.56. The number of likely N-dealkylation sites (tertiary alicyclic amines) is 1. The predicted molar refractivity (Wildman–Crippen MR) is 93.7 cm³/mol. The van der Waals surface area contributed by atoms with E-state index in [4.69, 9.17) is 0 Å². The molecule has 0 aliphatic carbocycles. The molecule has 3 heterocycles. The summed E-state index contributed by atoms with van der Waals surface area (Å²) in [5, 5.41) is 0. The van der Waals surface area contributed by atoms with E-state index in [1.807, 2.05) is 18.0 Å². The van der Waals surface area contributed by atoms with Gasteiger partial charge in [0.25, 0.3) is 0 Å². The molecule has 0 aromatic carbocycles. The molecule has 136 valence electrons. The molecule has 2 aliphatic heterocycles. The number of hydrogen-bond donors (Lipinski definition) is 0. The summed E-state index contributed by atoms with van der Waals surface area (Å²) >= 11 is 0. The standard InChI is InChI=1S/C18H27N5O2/c1-14-11-20-16(12-19-14)13-21-6-4-7-22(10-9-21)18(25)17-5-3-8-23(17)15(2)24/h11-12,17H,3-10,13H2,1-2H3/t17-/m0/s1. The van der Waals surface area contributed by atoms with Crippen LogP contribution >= 0.6 is 0 Å². The van der Waals surface area contributed by atoms with E-state index in [0.29, 0.717) is 13.1 Å². The van der Waals surface area contributed by atoms with Gasteiger partial charge in [-0.1, -0.05) is 0 Å². The van der Waals surface area contributed by atoms with Crippen molar-refractivity contribution >= 4 is 11.8 Å². The maximum atomic E-state index is 12.9. The van der Waals surface area contributed by atoms with Crippen molar-refractivity contribution in [2.45, 2.75) is 45.7 Å². The Bertz CT molecular complexity index is 618. The lowest BCUT2D eigenvalue weighted by molar-refractivity contribution is -0.142. The molecule has 2 fully saturated rings. The van der Waals surface area contributed by atoms with Gasteiger partial charge in [0.2, 0.25) is 11.8 Å². The summed E-state index contributed by atoms with van der Waals surface area (Å²) in [7, 11) is 0. The molecule has 25 heavy (non-hydrogen) atoms. The Morgan fingerprint density at radius 3 is 2.64 bits per heavy atom. The molecule has 3 rings (SSSR count). The highest BCUT2D eigenvalue weighted by molar-refractivity contribution is 5.87. The second kappa shape index (κ2) is 7.91. The topological polar surface area (TPSA) is 69.6 Å². The van der Waals surface area contributed by atoms with Gasteiger partial charge < -0.3 is 9.80 Å². The summed E-state index contributed by atoms with van der Waals surface area (Å²) in [5.74, 6) is 0.120. The third-order valence-corrected chi connectivity index (χ3v) is 5.06. The van der Waals surface area contributed by atoms with Gasteiger partial charge in [0.05, 0.1) is 11.4 Å². The summed E-state index contributed by atoms with van der Waals surface area (Å²) in [4.78, 5) is 39.3. The number of aryl methyl sites for hydroxylation is 1. The molecule has 2 aliphatic rings. The maximum absolute atomic E-state index is 12.9. The molecule has 0 bridgehead atoms. The molecule has 0 radical (unpaired) electrons. The monoisotopic (exact) mass is 345 g/mol. The van der Waals surface area contributed by atoms with Crippen molar-refractivity contribution in [1.29, 1.82) is 0 Å². The van der Waals surface area contributed by atoms with Crippen molar-refractivity contribution in [2.75, 3.05) is 32.7 Å². The molecule has 7 heteroatoms. The smallest absolute Gasteiger partial charge is 0.245 e. The first-order valence-electron chi connectivity index (χ1n) is 9.10. The van der Waals surface area contributed by atoms with Crippen molar-refractivity contribution < 1.29 is 9.59 Å². The molecule has 1 aromatic heterocycles. The highest BCUT2D eigenvalue weighted by atomic mass is 16.2. The minimum atomic E-state index is -0.257. The summed E-state index contributed by atoms with van der Waals surface area (Å²) in [6.07, 6.45) is 6.27. The van der Waals surface area contributed by atoms with Crippen LogP contribution in [0.5, 0.6) is 0 Å². The van der Waals surface area contributed by atoms with Crippen LogP contribution in [0.1, 0.15) is 37.6 Å². The van der Waals surface area contributed by atoms with Crippen LogP contribution in [-0.4, -0.2) is 75.2 Å². The Morgan fingerprint density at radius 1 is 1.08 bits per heavy atom. The third kappa shape index (κ3) is 4.34. The van der Waals surface area contributed by atoms with E-state index in [2.05, 4.69) is 14.9 Å². The normalized spacial score (nSPS) is 22.1. The van der Waals surface area contributed by atoms with Gasteiger partial charge in [-0.25, -0.2) is 0 Å². The van der Waals surface area contributed by atoms with Crippen LogP contribution in [0.2, 0.25) is 0 Å². The zero-order valence-electron chi connectivity index (χ0n) is 15.1. The minimum Gasteiger partial charge on any atom is -0.340 e. The molecule has 2 amide bonds. The summed E-state index contributed by atoms with van der Waals surface area (Å²) in [6, 6.07) is -0.257. The second-order valence-corrected chi connectivity index (χ2v) is 6.97. The first kappa shape index (κ1) is 17.8. The number of hydrogen-bond acceptors (Lipinski definition) is 5. The van der Waals surface area contributed by atoms with Crippen LogP contribution in [0.4, 0.5) is 0 Å². The Kier molecular flexibility index (Phi) is 5.63. The van der Waals surface area contributed by atoms with Gasteiger partial charge in [0, 0.05) is 58.6 Å². The molecule has 0 N–H and O–H groups in total. The summed E-state index contributed by atoms with van der Waals surface area (Å²) in [5.41, 5.74) is 1.88. The van der Waals surface area contributed by atoms with E-state index in [9.17, 15) is 9.59 Å². The highest BCUT2D eigenvalue weighted by Gasteiger charge is 2.35. The Hall–Kier alpha value is -2.02. The van der Waals surface area contributed by atoms with Gasteiger partial charge in [-0.15, -0.1) is 0 Å². The number of nitrogens with zero attached hydrogens (tertiary/aromatic N) is 5. The molecule has 0 unspecified atom stereocenters. The Morgan fingerprint density at radius 2 is 1.92 bits per heavy atom. The zero-order valence-corrected chi connectivity index (χ0v) is 15.1. The fourth-order valence-electron chi connectivity index (χ4n) is 3.69. The average Bonchev–Trinajstić information content (AvgIpc) is 2.98. The molecule has 1 atom stereocenters. The van der Waals surface area contributed by atoms with Gasteiger partial charge >= 0.3 is 0 Å². The largest absolute Gasteiger partial charge is 0.340 e. The van der Waals surface area contributed by atoms with Crippen LogP contribution in [-0.2, 0) is 16.1 Å². The first-order valence-corrected chi connectivity index (χ1v) is 9.10. The predicted octanol–water partition coefficient (Wildman–Crippen LogP) is 0.830. The SMILES string of the molecule is CC(=O)N1CCC[C@H]1C(=O)N1CCCN(Cc2cnc(C)cn2)CC1. The van der Waals surface area contributed by atoms with Gasteiger partial charge in [-0.3, -0.25) is 24.5 Å². The van der Waals surface area contributed by atoms with Gasteiger partial charge in [-0.05, 0) is 26.2 Å². The molecular weight excluding hydrogens is 318 g/mol. The van der Waals surface area contributed by atoms with Gasteiger partial charge in [-0.2, -0.15) is 0 Å². The third-order valence-electron chi connectivity index (χ3n) is 5.06. The van der Waals surface area contributed by atoms with Crippen LogP contribution in [0, 0.1) is 6.92 Å². The minimum absolute atomic E-state index is 0.00486. The lowest BCUT2D eigenvalue weighted by Crippen LogP contribution is -2.48. The highest BCUT2D eigenvalue weighted by Crippen LogP contribution is 2.20. The van der Waals surface area contributed by atoms with E-state index >= 15 is 0 Å². The van der Waals surface area contributed by atoms with E-state index < -0.39 is 0 Å². The Labute approximate surface area is 149 Å². The van der Waals surface area contributed by atoms with Gasteiger partial charge in [0.1, 0.15) is 6.04 Å². The van der Waals surface area contributed by atoms with Crippen molar-refractivity contribution in [3.63, 3.8) is 0 Å². The molecule has 0 saturated carbocycles. The summed E-state index contributed by atoms with van der Waals surface area (Å²) < 4.78 is 0. The van der Waals surface area contributed by atoms with E-state index in [1.54, 1.807) is 18.0 Å². The number of amides is 2. The molecule has 0 spiro atoms. The number of carbonyl (C=O) groups excluding carboxylic acids is 2. The number of aromatic nitrogens is 2. The fourth-order valence-corrected chi connectivity index (χ4v) is 3.69. The number of carbonyl (C=O) groups is 2. The van der Waals surface area contributed by atoms with Crippen LogP contribution in [0.15, 0.2) is 12.4 Å². The quantitative estimate of drug-likeness (QED) is 0.812. The maximum Gasteiger partial charge on any atom is 0.245 e. The first-order chi connectivity index (χ1) is 12.0. The van der Waals surface area contributed by atoms with E-state index in [-0.39, 0.29) is 17.9 Å². The molecule has 1 aromatic rings. The lowest BCUT2D eigenvalue weighted by Gasteiger charge is -2.29. The number of rotatable bonds is 3. The summed E-state index contributed by atoms with van der Waals surface area (Å²) in [6.45, 7) is 8.19. The van der Waals surface area contributed by atoms with E-state index in [0.717, 1.165) is 56.8 Å².